The minimum Gasteiger partial charge on any atom is -0.348 e. The molecule has 0 saturated heterocycles. The molecule has 1 amide bonds. The number of sulfonamides is 1. The Bertz CT molecular complexity index is 1080. The van der Waals surface area contributed by atoms with Crippen molar-refractivity contribution in [3.63, 3.8) is 0 Å². The Kier molecular flexibility index (Phi) is 7.73. The molecule has 0 aromatic heterocycles. The zero-order chi connectivity index (χ0) is 24.2. The molecule has 0 heterocycles. The lowest BCUT2D eigenvalue weighted by Gasteiger charge is -2.29. The molecule has 2 aromatic carbocycles. The van der Waals surface area contributed by atoms with Gasteiger partial charge in [-0.05, 0) is 67.9 Å². The van der Waals surface area contributed by atoms with Gasteiger partial charge in [-0.1, -0.05) is 12.1 Å². The quantitative estimate of drug-likeness (QED) is 0.560. The van der Waals surface area contributed by atoms with Gasteiger partial charge in [-0.25, -0.2) is 21.9 Å². The lowest BCUT2D eigenvalue weighted by molar-refractivity contribution is -0.173. The van der Waals surface area contributed by atoms with E-state index in [-0.39, 0.29) is 29.0 Å². The Morgan fingerprint density at radius 1 is 0.970 bits per heavy atom. The van der Waals surface area contributed by atoms with Crippen LogP contribution in [0.5, 0.6) is 0 Å². The third kappa shape index (κ3) is 6.73. The third-order valence-corrected chi connectivity index (χ3v) is 7.21. The fourth-order valence-corrected chi connectivity index (χ4v) is 5.19. The van der Waals surface area contributed by atoms with E-state index in [0.29, 0.717) is 37.7 Å². The van der Waals surface area contributed by atoms with E-state index in [1.807, 2.05) is 5.32 Å². The maximum absolute atomic E-state index is 13.9. The van der Waals surface area contributed by atoms with Gasteiger partial charge in [0.25, 0.3) is 0 Å². The normalized spacial score (nSPS) is 19.3. The second kappa shape index (κ2) is 10.2. The SMILES string of the molecule is O=C(NCCC1CCC(NS(=O)(=O)c2ccc(-c3ccc(F)cc3F)cc2)CC1)C(F)(F)F. The van der Waals surface area contributed by atoms with Gasteiger partial charge in [-0.15, -0.1) is 0 Å². The second-order valence-electron chi connectivity index (χ2n) is 8.03. The van der Waals surface area contributed by atoms with E-state index >= 15 is 0 Å². The number of hydrogen-bond donors (Lipinski definition) is 2. The second-order valence-corrected chi connectivity index (χ2v) is 9.74. The number of hydrogen-bond acceptors (Lipinski definition) is 3. The first-order chi connectivity index (χ1) is 15.5. The van der Waals surface area contributed by atoms with Crippen LogP contribution in [0.1, 0.15) is 32.1 Å². The molecule has 1 fully saturated rings. The average Bonchev–Trinajstić information content (AvgIpc) is 2.74. The predicted molar refractivity (Wildman–Crippen MR) is 112 cm³/mol. The minimum absolute atomic E-state index is 0.00533. The summed E-state index contributed by atoms with van der Waals surface area (Å²) in [5.41, 5.74) is 0.558. The van der Waals surface area contributed by atoms with Crippen LogP contribution in [0.3, 0.4) is 0 Å². The third-order valence-electron chi connectivity index (χ3n) is 5.67. The molecular formula is C22H23F5N2O3S. The van der Waals surface area contributed by atoms with Crippen LogP contribution in [-0.2, 0) is 14.8 Å². The van der Waals surface area contributed by atoms with Gasteiger partial charge in [0.15, 0.2) is 0 Å². The van der Waals surface area contributed by atoms with Gasteiger partial charge in [-0.2, -0.15) is 13.2 Å². The average molecular weight is 490 g/mol. The first kappa shape index (κ1) is 25.1. The smallest absolute Gasteiger partial charge is 0.348 e. The molecule has 2 aromatic rings. The van der Waals surface area contributed by atoms with Gasteiger partial charge >= 0.3 is 12.1 Å². The first-order valence-corrected chi connectivity index (χ1v) is 11.9. The van der Waals surface area contributed by atoms with Gasteiger partial charge in [0, 0.05) is 24.2 Å². The van der Waals surface area contributed by atoms with Gasteiger partial charge in [0.05, 0.1) is 4.90 Å². The van der Waals surface area contributed by atoms with Crippen molar-refractivity contribution in [2.75, 3.05) is 6.54 Å². The topological polar surface area (TPSA) is 75.3 Å². The molecule has 1 saturated carbocycles. The van der Waals surface area contributed by atoms with Crippen molar-refractivity contribution in [1.29, 1.82) is 0 Å². The minimum atomic E-state index is -4.90. The number of carbonyl (C=O) groups excluding carboxylic acids is 1. The largest absolute Gasteiger partial charge is 0.471 e. The van der Waals surface area contributed by atoms with Crippen molar-refractivity contribution in [3.8, 4) is 11.1 Å². The zero-order valence-corrected chi connectivity index (χ0v) is 18.3. The van der Waals surface area contributed by atoms with Gasteiger partial charge in [-0.3, -0.25) is 4.79 Å². The maximum Gasteiger partial charge on any atom is 0.471 e. The Hall–Kier alpha value is -2.53. The van der Waals surface area contributed by atoms with E-state index < -0.39 is 33.7 Å². The van der Waals surface area contributed by atoms with E-state index in [0.717, 1.165) is 12.1 Å². The lowest BCUT2D eigenvalue weighted by Crippen LogP contribution is -2.39. The van der Waals surface area contributed by atoms with Crippen molar-refractivity contribution in [2.24, 2.45) is 5.92 Å². The molecule has 1 aliphatic carbocycles. The number of halogens is 5. The van der Waals surface area contributed by atoms with Crippen LogP contribution < -0.4 is 10.0 Å². The molecule has 33 heavy (non-hydrogen) atoms. The van der Waals surface area contributed by atoms with Crippen LogP contribution in [0.15, 0.2) is 47.4 Å². The summed E-state index contributed by atoms with van der Waals surface area (Å²) < 4.78 is 91.6. The molecule has 0 radical (unpaired) electrons. The summed E-state index contributed by atoms with van der Waals surface area (Å²) in [6.45, 7) is -0.0829. The number of nitrogens with one attached hydrogen (secondary N) is 2. The molecule has 180 valence electrons. The van der Waals surface area contributed by atoms with Gasteiger partial charge < -0.3 is 5.32 Å². The van der Waals surface area contributed by atoms with Crippen LogP contribution >= 0.6 is 0 Å². The first-order valence-electron chi connectivity index (χ1n) is 10.4. The predicted octanol–water partition coefficient (Wildman–Crippen LogP) is 4.54. The standard InChI is InChI=1S/C22H23F5N2O3S/c23-16-5-10-19(20(24)13-16)15-3-8-18(9-4-15)33(31,32)29-17-6-1-14(2-7-17)11-12-28-21(30)22(25,26)27/h3-5,8-10,13-14,17,29H,1-2,6-7,11-12H2,(H,28,30). The van der Waals surface area contributed by atoms with Crippen LogP contribution in [0.25, 0.3) is 11.1 Å². The van der Waals surface area contributed by atoms with Gasteiger partial charge in [0.2, 0.25) is 10.0 Å². The highest BCUT2D eigenvalue weighted by Gasteiger charge is 2.38. The van der Waals surface area contributed by atoms with E-state index in [9.17, 15) is 35.2 Å². The van der Waals surface area contributed by atoms with Crippen molar-refractivity contribution in [2.45, 2.75) is 49.2 Å². The Labute approximate surface area is 188 Å². The molecule has 0 spiro atoms. The summed E-state index contributed by atoms with van der Waals surface area (Å²) >= 11 is 0. The van der Waals surface area contributed by atoms with Crippen LogP contribution in [-0.4, -0.2) is 33.1 Å². The highest BCUT2D eigenvalue weighted by atomic mass is 32.2. The van der Waals surface area contributed by atoms with E-state index in [1.54, 1.807) is 0 Å². The van der Waals surface area contributed by atoms with Crippen LogP contribution in [0.2, 0.25) is 0 Å². The number of rotatable bonds is 7. The maximum atomic E-state index is 13.9. The van der Waals surface area contributed by atoms with Gasteiger partial charge in [0.1, 0.15) is 11.6 Å². The molecule has 2 N–H and O–H groups in total. The fraction of sp³-hybridized carbons (Fsp3) is 0.409. The molecule has 11 heteroatoms. The summed E-state index contributed by atoms with van der Waals surface area (Å²) in [6.07, 6.45) is -2.22. The molecule has 0 atom stereocenters. The molecule has 0 bridgehead atoms. The van der Waals surface area contributed by atoms with E-state index in [4.69, 9.17) is 0 Å². The number of benzene rings is 2. The number of amides is 1. The fourth-order valence-electron chi connectivity index (χ4n) is 3.88. The monoisotopic (exact) mass is 490 g/mol. The van der Waals surface area contributed by atoms with Crippen molar-refractivity contribution < 1.29 is 35.2 Å². The summed E-state index contributed by atoms with van der Waals surface area (Å²) in [5, 5.41) is 1.85. The molecule has 0 aliphatic heterocycles. The Balaban J connectivity index is 1.51. The highest BCUT2D eigenvalue weighted by molar-refractivity contribution is 7.89. The lowest BCUT2D eigenvalue weighted by atomic mass is 9.84. The van der Waals surface area contributed by atoms with E-state index in [2.05, 4.69) is 4.72 Å². The van der Waals surface area contributed by atoms with Crippen molar-refractivity contribution in [3.05, 3.63) is 54.1 Å². The Morgan fingerprint density at radius 2 is 1.61 bits per heavy atom. The Morgan fingerprint density at radius 3 is 2.18 bits per heavy atom. The summed E-state index contributed by atoms with van der Waals surface area (Å²) in [5.74, 6) is -3.32. The molecular weight excluding hydrogens is 467 g/mol. The number of alkyl halides is 3. The molecule has 3 rings (SSSR count). The summed E-state index contributed by atoms with van der Waals surface area (Å²) in [7, 11) is -3.82. The molecule has 0 unspecified atom stereocenters. The summed E-state index contributed by atoms with van der Waals surface area (Å²) in [4.78, 5) is 10.8. The van der Waals surface area contributed by atoms with Crippen molar-refractivity contribution >= 4 is 15.9 Å². The summed E-state index contributed by atoms with van der Waals surface area (Å²) in [6, 6.07) is 8.40. The van der Waals surface area contributed by atoms with Crippen LogP contribution in [0, 0.1) is 17.6 Å². The van der Waals surface area contributed by atoms with Crippen LogP contribution in [0.4, 0.5) is 22.0 Å². The number of carbonyl (C=O) groups is 1. The van der Waals surface area contributed by atoms with Crippen molar-refractivity contribution in [1.82, 2.24) is 10.0 Å². The molecule has 5 nitrogen and oxygen atoms in total. The highest BCUT2D eigenvalue weighted by Crippen LogP contribution is 2.29. The zero-order valence-electron chi connectivity index (χ0n) is 17.5. The molecule has 1 aliphatic rings. The van der Waals surface area contributed by atoms with E-state index in [1.165, 1.54) is 30.3 Å².